The van der Waals surface area contributed by atoms with Gasteiger partial charge in [-0.1, -0.05) is 18.6 Å². The number of aromatic amines is 1. The quantitative estimate of drug-likeness (QED) is 0.466. The van der Waals surface area contributed by atoms with E-state index in [9.17, 15) is 0 Å². The molecule has 164 valence electrons. The van der Waals surface area contributed by atoms with Crippen LogP contribution in [-0.4, -0.2) is 50.0 Å². The van der Waals surface area contributed by atoms with Crippen LogP contribution in [0, 0.1) is 0 Å². The minimum absolute atomic E-state index is 0.541. The Labute approximate surface area is 191 Å². The summed E-state index contributed by atoms with van der Waals surface area (Å²) in [5, 5.41) is 20.1. The zero-order chi connectivity index (χ0) is 21.5. The summed E-state index contributed by atoms with van der Waals surface area (Å²) in [4.78, 5) is 7.07. The Bertz CT molecular complexity index is 1190. The lowest BCUT2D eigenvalue weighted by molar-refractivity contribution is 0.216. The molecule has 5 heterocycles. The van der Waals surface area contributed by atoms with Crippen LogP contribution in [0.3, 0.4) is 0 Å². The first kappa shape index (κ1) is 19.8. The van der Waals surface area contributed by atoms with E-state index in [4.69, 9.17) is 0 Å². The minimum atomic E-state index is 0.541. The minimum Gasteiger partial charge on any atom is -0.352 e. The third kappa shape index (κ3) is 3.47. The topological polar surface area (TPSA) is 82.6 Å². The summed E-state index contributed by atoms with van der Waals surface area (Å²) < 4.78 is 1.13. The van der Waals surface area contributed by atoms with Gasteiger partial charge < -0.3 is 10.2 Å². The standard InChI is InChI=1S/C24H27N7S/c1-2-31(18-10-16-4-3-5-17(11-18)28-16)22-9-8-21(29-30-22)20-7-6-19(15-12-26-27-13-15)23-24(20)32-14-25-23/h6-9,12-14,16-18,28H,2-5,10-11H2,1H3,(H,26,27)/t16-,17+,18?. The van der Waals surface area contributed by atoms with Crippen molar-refractivity contribution in [1.82, 2.24) is 30.7 Å². The Hall–Kier alpha value is -2.84. The van der Waals surface area contributed by atoms with E-state index in [0.717, 1.165) is 45.0 Å². The summed E-state index contributed by atoms with van der Waals surface area (Å²) in [7, 11) is 0. The van der Waals surface area contributed by atoms with Crippen LogP contribution in [-0.2, 0) is 0 Å². The first-order chi connectivity index (χ1) is 15.8. The lowest BCUT2D eigenvalue weighted by atomic mass is 9.83. The van der Waals surface area contributed by atoms with Crippen LogP contribution < -0.4 is 10.2 Å². The number of H-pyrrole nitrogens is 1. The van der Waals surface area contributed by atoms with Crippen molar-refractivity contribution in [3.63, 3.8) is 0 Å². The molecule has 0 amide bonds. The zero-order valence-corrected chi connectivity index (χ0v) is 19.0. The Kier molecular flexibility index (Phi) is 5.11. The normalized spacial score (nSPS) is 22.8. The van der Waals surface area contributed by atoms with Gasteiger partial charge in [0.05, 0.1) is 27.6 Å². The van der Waals surface area contributed by atoms with Gasteiger partial charge in [0.25, 0.3) is 0 Å². The van der Waals surface area contributed by atoms with Gasteiger partial charge in [-0.15, -0.1) is 21.5 Å². The van der Waals surface area contributed by atoms with Crippen molar-refractivity contribution < 1.29 is 0 Å². The van der Waals surface area contributed by atoms with Crippen LogP contribution in [0.4, 0.5) is 5.82 Å². The molecule has 1 aromatic carbocycles. The van der Waals surface area contributed by atoms with Gasteiger partial charge in [-0.25, -0.2) is 4.98 Å². The van der Waals surface area contributed by atoms with E-state index in [2.05, 4.69) is 66.8 Å². The Morgan fingerprint density at radius 3 is 2.62 bits per heavy atom. The highest BCUT2D eigenvalue weighted by Gasteiger charge is 2.34. The summed E-state index contributed by atoms with van der Waals surface area (Å²) in [6.45, 7) is 3.18. The van der Waals surface area contributed by atoms with Crippen molar-refractivity contribution >= 4 is 27.4 Å². The number of anilines is 1. The van der Waals surface area contributed by atoms with E-state index in [0.29, 0.717) is 18.1 Å². The monoisotopic (exact) mass is 445 g/mol. The lowest BCUT2D eigenvalue weighted by Gasteiger charge is -2.44. The van der Waals surface area contributed by atoms with Crippen LogP contribution in [0.25, 0.3) is 32.6 Å². The van der Waals surface area contributed by atoms with Crippen LogP contribution in [0.2, 0.25) is 0 Å². The molecule has 0 aliphatic carbocycles. The molecule has 2 aliphatic heterocycles. The molecule has 0 saturated carbocycles. The molecule has 2 fully saturated rings. The Balaban J connectivity index is 1.30. The average Bonchev–Trinajstić information content (AvgIpc) is 3.52. The van der Waals surface area contributed by atoms with Gasteiger partial charge in [0.15, 0.2) is 5.82 Å². The lowest BCUT2D eigenvalue weighted by Crippen LogP contribution is -2.55. The van der Waals surface area contributed by atoms with Gasteiger partial charge in [0.1, 0.15) is 0 Å². The summed E-state index contributed by atoms with van der Waals surface area (Å²) >= 11 is 1.64. The van der Waals surface area contributed by atoms with Gasteiger partial charge in [-0.05, 0) is 44.7 Å². The Morgan fingerprint density at radius 1 is 1.06 bits per heavy atom. The predicted octanol–water partition coefficient (Wildman–Crippen LogP) is 4.64. The van der Waals surface area contributed by atoms with E-state index in [1.807, 2.05) is 17.9 Å². The molecule has 1 unspecified atom stereocenters. The molecule has 0 spiro atoms. The second-order valence-electron chi connectivity index (χ2n) is 8.86. The molecule has 4 aromatic rings. The van der Waals surface area contributed by atoms with Crippen molar-refractivity contribution in [2.24, 2.45) is 0 Å². The van der Waals surface area contributed by atoms with E-state index in [1.165, 1.54) is 32.1 Å². The van der Waals surface area contributed by atoms with Gasteiger partial charge in [0.2, 0.25) is 0 Å². The molecule has 2 aliphatic rings. The molecule has 2 bridgehead atoms. The van der Waals surface area contributed by atoms with Gasteiger partial charge >= 0.3 is 0 Å². The number of fused-ring (bicyclic) bond motifs is 3. The van der Waals surface area contributed by atoms with Gasteiger partial charge in [-0.3, -0.25) is 5.10 Å². The molecule has 3 atom stereocenters. The van der Waals surface area contributed by atoms with Crippen LogP contribution in [0.15, 0.2) is 42.2 Å². The fraction of sp³-hybridized carbons (Fsp3) is 0.417. The molecule has 0 radical (unpaired) electrons. The molecule has 32 heavy (non-hydrogen) atoms. The van der Waals surface area contributed by atoms with Crippen molar-refractivity contribution in [3.8, 4) is 22.4 Å². The first-order valence-electron chi connectivity index (χ1n) is 11.5. The molecule has 7 nitrogen and oxygen atoms in total. The van der Waals surface area contributed by atoms with E-state index in [-0.39, 0.29) is 0 Å². The summed E-state index contributed by atoms with van der Waals surface area (Å²) in [5.41, 5.74) is 6.97. The van der Waals surface area contributed by atoms with E-state index >= 15 is 0 Å². The first-order valence-corrected chi connectivity index (χ1v) is 12.4. The summed E-state index contributed by atoms with van der Waals surface area (Å²) in [6.07, 6.45) is 10.1. The number of nitrogens with zero attached hydrogens (tertiary/aromatic N) is 5. The number of rotatable bonds is 5. The molecule has 2 N–H and O–H groups in total. The molecular formula is C24H27N7S. The second-order valence-corrected chi connectivity index (χ2v) is 9.71. The molecule has 8 heteroatoms. The van der Waals surface area contributed by atoms with E-state index < -0.39 is 0 Å². The number of piperidine rings is 2. The fourth-order valence-electron chi connectivity index (χ4n) is 5.50. The highest BCUT2D eigenvalue weighted by molar-refractivity contribution is 7.17. The fourth-order valence-corrected chi connectivity index (χ4v) is 6.34. The third-order valence-electron chi connectivity index (χ3n) is 6.98. The largest absolute Gasteiger partial charge is 0.352 e. The number of aromatic nitrogens is 5. The number of hydrogen-bond acceptors (Lipinski definition) is 7. The molecule has 6 rings (SSSR count). The summed E-state index contributed by atoms with van der Waals surface area (Å²) in [6, 6.07) is 10.3. The number of hydrogen-bond donors (Lipinski definition) is 2. The summed E-state index contributed by atoms with van der Waals surface area (Å²) in [5.74, 6) is 0.983. The number of thiazole rings is 1. The van der Waals surface area contributed by atoms with Crippen molar-refractivity contribution in [1.29, 1.82) is 0 Å². The van der Waals surface area contributed by atoms with Gasteiger partial charge in [0, 0.05) is 47.6 Å². The third-order valence-corrected chi connectivity index (χ3v) is 7.84. The smallest absolute Gasteiger partial charge is 0.151 e. The maximum Gasteiger partial charge on any atom is 0.151 e. The second kappa shape index (κ2) is 8.26. The van der Waals surface area contributed by atoms with Crippen LogP contribution >= 0.6 is 11.3 Å². The molecule has 3 aromatic heterocycles. The highest BCUT2D eigenvalue weighted by Crippen LogP contribution is 2.37. The molecule has 2 saturated heterocycles. The maximum atomic E-state index is 4.68. The average molecular weight is 446 g/mol. The Morgan fingerprint density at radius 2 is 1.91 bits per heavy atom. The van der Waals surface area contributed by atoms with Gasteiger partial charge in [-0.2, -0.15) is 5.10 Å². The van der Waals surface area contributed by atoms with Crippen molar-refractivity contribution in [2.75, 3.05) is 11.4 Å². The predicted molar refractivity (Wildman–Crippen MR) is 129 cm³/mol. The van der Waals surface area contributed by atoms with Crippen molar-refractivity contribution in [2.45, 2.75) is 57.2 Å². The highest BCUT2D eigenvalue weighted by atomic mass is 32.1. The van der Waals surface area contributed by atoms with E-state index in [1.54, 1.807) is 11.3 Å². The SMILES string of the molecule is CCN(c1ccc(-c2ccc(-c3cn[nH]c3)c3ncsc23)nn1)C1C[C@H]2CCC[C@@H](C1)N2. The maximum absolute atomic E-state index is 4.68. The van der Waals surface area contributed by atoms with Crippen molar-refractivity contribution in [3.05, 3.63) is 42.2 Å². The van der Waals surface area contributed by atoms with Crippen LogP contribution in [0.5, 0.6) is 0 Å². The molecular weight excluding hydrogens is 418 g/mol. The van der Waals surface area contributed by atoms with Crippen LogP contribution in [0.1, 0.15) is 39.0 Å². The number of nitrogens with one attached hydrogen (secondary N) is 2. The zero-order valence-electron chi connectivity index (χ0n) is 18.2. The number of benzene rings is 1.